The first kappa shape index (κ1) is 13.1. The molecule has 0 saturated heterocycles. The van der Waals surface area contributed by atoms with Gasteiger partial charge in [0.15, 0.2) is 0 Å². The van der Waals surface area contributed by atoms with Gasteiger partial charge in [0.05, 0.1) is 10.8 Å². The van der Waals surface area contributed by atoms with Gasteiger partial charge in [0.25, 0.3) is 0 Å². The van der Waals surface area contributed by atoms with Gasteiger partial charge >= 0.3 is 0 Å². The predicted octanol–water partition coefficient (Wildman–Crippen LogP) is 1.89. The number of rotatable bonds is 3. The van der Waals surface area contributed by atoms with Gasteiger partial charge in [-0.15, -0.1) is 16.7 Å². The summed E-state index contributed by atoms with van der Waals surface area (Å²) in [4.78, 5) is 16.6. The second-order valence-electron chi connectivity index (χ2n) is 6.17. The monoisotopic (exact) mass is 299 g/mol. The zero-order chi connectivity index (χ0) is 14.6. The first-order valence-corrected chi connectivity index (χ1v) is 7.69. The number of aromatic nitrogens is 3. The summed E-state index contributed by atoms with van der Waals surface area (Å²) < 4.78 is 1.27. The van der Waals surface area contributed by atoms with Gasteiger partial charge in [-0.05, 0) is 24.8 Å². The lowest BCUT2D eigenvalue weighted by molar-refractivity contribution is 0.0957. The summed E-state index contributed by atoms with van der Waals surface area (Å²) in [6.07, 6.45) is 2.66. The standard InChI is InChI=1S/C15H15BClN3O/c16-15(17)8-11(9-4-2-1-3-5-9)20-14(15)18-13(19-20)12(21)10-6-7-10/h1-5,10-11H,6-8,16H2/t11-,15+/m0/s1. The summed E-state index contributed by atoms with van der Waals surface area (Å²) in [6.45, 7) is 0. The number of hydrogen-bond acceptors (Lipinski definition) is 3. The highest BCUT2D eigenvalue weighted by Gasteiger charge is 2.44. The number of halogens is 1. The summed E-state index contributed by atoms with van der Waals surface area (Å²) in [5.74, 6) is 1.24. The number of benzene rings is 1. The topological polar surface area (TPSA) is 47.8 Å². The molecule has 2 atom stereocenters. The molecule has 1 aliphatic carbocycles. The zero-order valence-electron chi connectivity index (χ0n) is 11.8. The molecule has 1 saturated carbocycles. The molecular weight excluding hydrogens is 284 g/mol. The van der Waals surface area contributed by atoms with Crippen molar-refractivity contribution in [2.75, 3.05) is 0 Å². The molecule has 6 heteroatoms. The number of Topliss-reactive ketones (excluding diaryl/α,β-unsaturated/α-hetero) is 1. The minimum absolute atomic E-state index is 0.0527. The third-order valence-corrected chi connectivity index (χ3v) is 4.65. The van der Waals surface area contributed by atoms with Gasteiger partial charge in [0, 0.05) is 5.92 Å². The van der Waals surface area contributed by atoms with Crippen LogP contribution in [0.4, 0.5) is 0 Å². The van der Waals surface area contributed by atoms with Gasteiger partial charge in [-0.1, -0.05) is 30.3 Å². The van der Waals surface area contributed by atoms with E-state index in [0.717, 1.165) is 24.8 Å². The van der Waals surface area contributed by atoms with E-state index in [2.05, 4.69) is 22.2 Å². The Balaban J connectivity index is 1.77. The van der Waals surface area contributed by atoms with E-state index in [-0.39, 0.29) is 17.7 Å². The molecular formula is C15H15BClN3O. The quantitative estimate of drug-likeness (QED) is 0.494. The van der Waals surface area contributed by atoms with E-state index < -0.39 is 4.77 Å². The van der Waals surface area contributed by atoms with Crippen LogP contribution in [0.25, 0.3) is 0 Å². The molecule has 4 rings (SSSR count). The van der Waals surface area contributed by atoms with Crippen molar-refractivity contribution in [3.05, 3.63) is 47.5 Å². The Morgan fingerprint density at radius 2 is 2.05 bits per heavy atom. The third kappa shape index (κ3) is 2.11. The van der Waals surface area contributed by atoms with Crippen LogP contribution in [-0.2, 0) is 4.77 Å². The van der Waals surface area contributed by atoms with E-state index in [9.17, 15) is 4.79 Å². The average molecular weight is 300 g/mol. The molecule has 0 spiro atoms. The summed E-state index contributed by atoms with van der Waals surface area (Å²) in [5.41, 5.74) is 1.15. The lowest BCUT2D eigenvalue weighted by atomic mass is 9.82. The van der Waals surface area contributed by atoms with Crippen LogP contribution in [0.15, 0.2) is 30.3 Å². The summed E-state index contributed by atoms with van der Waals surface area (Å²) in [6, 6.07) is 10.2. The molecule has 4 nitrogen and oxygen atoms in total. The first-order chi connectivity index (χ1) is 10.1. The molecule has 0 amide bonds. The number of hydrogen-bond donors (Lipinski definition) is 0. The molecule has 1 fully saturated rings. The largest absolute Gasteiger partial charge is 0.290 e. The van der Waals surface area contributed by atoms with Gasteiger partial charge in [-0.3, -0.25) is 4.79 Å². The summed E-state index contributed by atoms with van der Waals surface area (Å²) >= 11 is 6.62. The van der Waals surface area contributed by atoms with Crippen LogP contribution in [0.2, 0.25) is 0 Å². The molecule has 21 heavy (non-hydrogen) atoms. The predicted molar refractivity (Wildman–Crippen MR) is 82.3 cm³/mol. The molecule has 0 unspecified atom stereocenters. The Labute approximate surface area is 128 Å². The molecule has 0 bridgehead atoms. The Bertz CT molecular complexity index is 709. The number of nitrogens with zero attached hydrogens (tertiary/aromatic N) is 3. The van der Waals surface area contributed by atoms with Crippen molar-refractivity contribution >= 4 is 25.2 Å². The van der Waals surface area contributed by atoms with Crippen molar-refractivity contribution in [2.24, 2.45) is 5.92 Å². The Kier molecular flexibility index (Phi) is 2.76. The fourth-order valence-electron chi connectivity index (χ4n) is 3.00. The fourth-order valence-corrected chi connectivity index (χ4v) is 3.28. The molecule has 1 aliphatic heterocycles. The van der Waals surface area contributed by atoms with Gasteiger partial charge in [-0.2, -0.15) is 0 Å². The minimum Gasteiger partial charge on any atom is -0.290 e. The number of fused-ring (bicyclic) bond motifs is 1. The highest BCUT2D eigenvalue weighted by Crippen LogP contribution is 2.44. The molecule has 0 radical (unpaired) electrons. The minimum atomic E-state index is -0.574. The highest BCUT2D eigenvalue weighted by molar-refractivity contribution is 6.44. The molecule has 1 aromatic heterocycles. The Hall–Kier alpha value is -1.62. The Morgan fingerprint density at radius 1 is 1.33 bits per heavy atom. The van der Waals surface area contributed by atoms with Crippen molar-refractivity contribution in [1.82, 2.24) is 14.8 Å². The van der Waals surface area contributed by atoms with Crippen LogP contribution in [0, 0.1) is 5.92 Å². The van der Waals surface area contributed by atoms with E-state index in [1.54, 1.807) is 0 Å². The van der Waals surface area contributed by atoms with Crippen LogP contribution < -0.4 is 0 Å². The van der Waals surface area contributed by atoms with E-state index in [4.69, 9.17) is 11.6 Å². The van der Waals surface area contributed by atoms with E-state index in [0.29, 0.717) is 11.6 Å². The molecule has 0 N–H and O–H groups in total. The molecule has 1 aromatic carbocycles. The van der Waals surface area contributed by atoms with Crippen molar-refractivity contribution in [3.63, 3.8) is 0 Å². The molecule has 106 valence electrons. The summed E-state index contributed by atoms with van der Waals surface area (Å²) in [5, 5.41) is 4.48. The molecule has 2 aromatic rings. The lowest BCUT2D eigenvalue weighted by Crippen LogP contribution is -2.17. The van der Waals surface area contributed by atoms with Crippen LogP contribution >= 0.6 is 11.6 Å². The maximum Gasteiger partial charge on any atom is 0.217 e. The number of alkyl halides is 1. The van der Waals surface area contributed by atoms with Crippen molar-refractivity contribution in [2.45, 2.75) is 30.1 Å². The smallest absolute Gasteiger partial charge is 0.217 e. The van der Waals surface area contributed by atoms with Gasteiger partial charge in [-0.25, -0.2) is 9.67 Å². The van der Waals surface area contributed by atoms with Crippen LogP contribution in [0.5, 0.6) is 0 Å². The van der Waals surface area contributed by atoms with Crippen LogP contribution in [-0.4, -0.2) is 28.4 Å². The van der Waals surface area contributed by atoms with Gasteiger partial charge in [0.2, 0.25) is 11.6 Å². The molecule has 2 aliphatic rings. The van der Waals surface area contributed by atoms with Gasteiger partial charge < -0.3 is 0 Å². The second kappa shape index (κ2) is 4.44. The fraction of sp³-hybridized carbons (Fsp3) is 0.400. The van der Waals surface area contributed by atoms with Crippen molar-refractivity contribution in [1.29, 1.82) is 0 Å². The normalized spacial score (nSPS) is 27.6. The second-order valence-corrected chi connectivity index (χ2v) is 7.00. The zero-order valence-corrected chi connectivity index (χ0v) is 12.5. The lowest BCUT2D eigenvalue weighted by Gasteiger charge is -2.14. The van der Waals surface area contributed by atoms with Crippen LogP contribution in [0.3, 0.4) is 0 Å². The maximum absolute atomic E-state index is 12.2. The van der Waals surface area contributed by atoms with Gasteiger partial charge in [0.1, 0.15) is 13.7 Å². The average Bonchev–Trinajstić information content (AvgIpc) is 3.17. The van der Waals surface area contributed by atoms with E-state index in [1.165, 1.54) is 0 Å². The number of carbonyl (C=O) groups excluding carboxylic acids is 1. The van der Waals surface area contributed by atoms with E-state index in [1.807, 2.05) is 30.7 Å². The SMILES string of the molecule is B[C@@]1(Cl)C[C@@H](c2ccccc2)n2nc(C(=O)C3CC3)nc21. The Morgan fingerprint density at radius 3 is 2.71 bits per heavy atom. The van der Waals surface area contributed by atoms with Crippen molar-refractivity contribution < 1.29 is 4.79 Å². The summed E-state index contributed by atoms with van der Waals surface area (Å²) in [7, 11) is 1.95. The first-order valence-electron chi connectivity index (χ1n) is 7.31. The van der Waals surface area contributed by atoms with Crippen LogP contribution in [0.1, 0.15) is 47.3 Å². The third-order valence-electron chi connectivity index (χ3n) is 4.32. The maximum atomic E-state index is 12.2. The molecule has 2 heterocycles. The van der Waals surface area contributed by atoms with Crippen molar-refractivity contribution in [3.8, 4) is 0 Å². The number of carbonyl (C=O) groups is 1. The highest BCUT2D eigenvalue weighted by atomic mass is 35.5. The van der Waals surface area contributed by atoms with E-state index >= 15 is 0 Å². The number of ketones is 1.